The van der Waals surface area contributed by atoms with Crippen LogP contribution in [0.5, 0.6) is 0 Å². The lowest BCUT2D eigenvalue weighted by molar-refractivity contribution is -0.156. The fraction of sp³-hybridized carbons (Fsp3) is 0.733. The predicted octanol–water partition coefficient (Wildman–Crippen LogP) is 0.608. The summed E-state index contributed by atoms with van der Waals surface area (Å²) in [5, 5.41) is 4.68. The van der Waals surface area contributed by atoms with Crippen LogP contribution in [-0.2, 0) is 19.1 Å². The average Bonchev–Trinajstić information content (AvgIpc) is 3.01. The molecule has 0 aliphatic carbocycles. The number of amides is 4. The van der Waals surface area contributed by atoms with Gasteiger partial charge in [-0.3, -0.25) is 14.9 Å². The summed E-state index contributed by atoms with van der Waals surface area (Å²) in [6.45, 7) is 5.10. The SMILES string of the molecule is CC[C@H](C)NC(=O)NC(=O)COC(=O)[C@@H]1CS[C@@]2(C)CCC(=O)N12. The number of fused-ring (bicyclic) bond motifs is 1. The van der Waals surface area contributed by atoms with Gasteiger partial charge in [0, 0.05) is 18.2 Å². The zero-order valence-electron chi connectivity index (χ0n) is 14.1. The van der Waals surface area contributed by atoms with E-state index in [1.807, 2.05) is 20.8 Å². The van der Waals surface area contributed by atoms with Gasteiger partial charge in [-0.25, -0.2) is 9.59 Å². The maximum Gasteiger partial charge on any atom is 0.330 e. The first-order valence-electron chi connectivity index (χ1n) is 8.00. The molecule has 4 amide bonds. The van der Waals surface area contributed by atoms with Crippen LogP contribution < -0.4 is 10.6 Å². The fourth-order valence-electron chi connectivity index (χ4n) is 2.75. The summed E-state index contributed by atoms with van der Waals surface area (Å²) >= 11 is 1.55. The minimum absolute atomic E-state index is 0.0604. The smallest absolute Gasteiger partial charge is 0.330 e. The van der Waals surface area contributed by atoms with Crippen molar-refractivity contribution in [3.8, 4) is 0 Å². The molecule has 0 bridgehead atoms. The van der Waals surface area contributed by atoms with E-state index in [0.29, 0.717) is 18.6 Å². The lowest BCUT2D eigenvalue weighted by atomic mass is 10.2. The van der Waals surface area contributed by atoms with Gasteiger partial charge < -0.3 is 15.0 Å². The van der Waals surface area contributed by atoms with Crippen molar-refractivity contribution in [2.75, 3.05) is 12.4 Å². The number of rotatable bonds is 5. The zero-order valence-corrected chi connectivity index (χ0v) is 14.9. The topological polar surface area (TPSA) is 105 Å². The lowest BCUT2D eigenvalue weighted by Gasteiger charge is -2.29. The first kappa shape index (κ1) is 18.6. The first-order chi connectivity index (χ1) is 11.3. The van der Waals surface area contributed by atoms with Crippen LogP contribution in [0.15, 0.2) is 0 Å². The Kier molecular flexibility index (Phi) is 5.74. The molecule has 2 rings (SSSR count). The summed E-state index contributed by atoms with van der Waals surface area (Å²) < 4.78 is 4.98. The average molecular weight is 357 g/mol. The highest BCUT2D eigenvalue weighted by Crippen LogP contribution is 2.47. The number of nitrogens with one attached hydrogen (secondary N) is 2. The highest BCUT2D eigenvalue weighted by Gasteiger charge is 2.53. The molecule has 0 aromatic heterocycles. The van der Waals surface area contributed by atoms with E-state index in [1.165, 1.54) is 0 Å². The van der Waals surface area contributed by atoms with E-state index >= 15 is 0 Å². The monoisotopic (exact) mass is 357 g/mol. The van der Waals surface area contributed by atoms with Crippen molar-refractivity contribution in [1.82, 2.24) is 15.5 Å². The van der Waals surface area contributed by atoms with Crippen LogP contribution in [-0.4, -0.2) is 58.0 Å². The van der Waals surface area contributed by atoms with E-state index in [-0.39, 0.29) is 16.8 Å². The fourth-order valence-corrected chi connectivity index (χ4v) is 4.17. The van der Waals surface area contributed by atoms with Gasteiger partial charge in [-0.1, -0.05) is 6.92 Å². The summed E-state index contributed by atoms with van der Waals surface area (Å²) in [6, 6.07) is -1.35. The van der Waals surface area contributed by atoms with Gasteiger partial charge in [-0.2, -0.15) is 0 Å². The number of hydrogen-bond donors (Lipinski definition) is 2. The van der Waals surface area contributed by atoms with Crippen molar-refractivity contribution < 1.29 is 23.9 Å². The van der Waals surface area contributed by atoms with E-state index in [9.17, 15) is 19.2 Å². The molecule has 0 spiro atoms. The Balaban J connectivity index is 1.80. The number of hydrogen-bond acceptors (Lipinski definition) is 6. The highest BCUT2D eigenvalue weighted by molar-refractivity contribution is 8.01. The number of nitrogens with zero attached hydrogens (tertiary/aromatic N) is 1. The third-order valence-electron chi connectivity index (χ3n) is 4.31. The van der Waals surface area contributed by atoms with Gasteiger partial charge in [0.25, 0.3) is 5.91 Å². The molecule has 2 fully saturated rings. The van der Waals surface area contributed by atoms with Gasteiger partial charge in [0.2, 0.25) is 5.91 Å². The Labute approximate surface area is 145 Å². The summed E-state index contributed by atoms with van der Waals surface area (Å²) in [6.07, 6.45) is 1.86. The molecule has 9 heteroatoms. The summed E-state index contributed by atoms with van der Waals surface area (Å²) in [5.74, 6) is -0.928. The second kappa shape index (κ2) is 7.42. The summed E-state index contributed by atoms with van der Waals surface area (Å²) in [7, 11) is 0. The Bertz CT molecular complexity index is 555. The molecule has 2 aliphatic heterocycles. The largest absolute Gasteiger partial charge is 0.454 e. The van der Waals surface area contributed by atoms with Gasteiger partial charge in [0.05, 0.1) is 4.87 Å². The molecule has 2 heterocycles. The van der Waals surface area contributed by atoms with E-state index in [4.69, 9.17) is 4.74 Å². The number of thioether (sulfide) groups is 1. The molecular weight excluding hydrogens is 334 g/mol. The Morgan fingerprint density at radius 1 is 1.46 bits per heavy atom. The molecule has 0 saturated carbocycles. The molecule has 0 aromatic carbocycles. The van der Waals surface area contributed by atoms with E-state index < -0.39 is 30.6 Å². The molecule has 2 saturated heterocycles. The molecule has 24 heavy (non-hydrogen) atoms. The molecule has 0 aromatic rings. The van der Waals surface area contributed by atoms with E-state index in [1.54, 1.807) is 16.7 Å². The van der Waals surface area contributed by atoms with Crippen LogP contribution in [0.3, 0.4) is 0 Å². The molecular formula is C15H23N3O5S. The van der Waals surface area contributed by atoms with Crippen molar-refractivity contribution in [2.24, 2.45) is 0 Å². The summed E-state index contributed by atoms with van der Waals surface area (Å²) in [4.78, 5) is 48.5. The predicted molar refractivity (Wildman–Crippen MR) is 88.1 cm³/mol. The molecule has 0 radical (unpaired) electrons. The van der Waals surface area contributed by atoms with Gasteiger partial charge in [-0.15, -0.1) is 11.8 Å². The molecule has 134 valence electrons. The van der Waals surface area contributed by atoms with E-state index in [2.05, 4.69) is 10.6 Å². The van der Waals surface area contributed by atoms with Crippen LogP contribution in [0.25, 0.3) is 0 Å². The van der Waals surface area contributed by atoms with Crippen molar-refractivity contribution in [2.45, 2.75) is 57.0 Å². The Morgan fingerprint density at radius 3 is 2.83 bits per heavy atom. The van der Waals surface area contributed by atoms with Crippen LogP contribution in [0.2, 0.25) is 0 Å². The van der Waals surface area contributed by atoms with Gasteiger partial charge in [0.15, 0.2) is 6.61 Å². The maximum absolute atomic E-state index is 12.2. The molecule has 8 nitrogen and oxygen atoms in total. The lowest BCUT2D eigenvalue weighted by Crippen LogP contribution is -2.48. The van der Waals surface area contributed by atoms with Gasteiger partial charge in [-0.05, 0) is 26.7 Å². The van der Waals surface area contributed by atoms with Crippen molar-refractivity contribution in [3.63, 3.8) is 0 Å². The van der Waals surface area contributed by atoms with Crippen molar-refractivity contribution >= 4 is 35.6 Å². The number of carbonyl (C=O) groups is 4. The quantitative estimate of drug-likeness (QED) is 0.699. The maximum atomic E-state index is 12.2. The standard InChI is InChI=1S/C15H23N3O5S/c1-4-9(2)16-14(22)17-11(19)7-23-13(21)10-8-24-15(3)6-5-12(20)18(10)15/h9-10H,4-8H2,1-3H3,(H2,16,17,19,22)/t9-,10-,15-/m0/s1. The van der Waals surface area contributed by atoms with Crippen LogP contribution in [0.1, 0.15) is 40.0 Å². The molecule has 2 N–H and O–H groups in total. The second-order valence-electron chi connectivity index (χ2n) is 6.20. The third kappa shape index (κ3) is 4.00. The zero-order chi connectivity index (χ0) is 17.9. The highest BCUT2D eigenvalue weighted by atomic mass is 32.2. The molecule has 2 aliphatic rings. The number of carbonyl (C=O) groups excluding carboxylic acids is 4. The molecule has 0 unspecified atom stereocenters. The number of imide groups is 1. The normalized spacial score (nSPS) is 26.7. The van der Waals surface area contributed by atoms with E-state index in [0.717, 1.165) is 6.42 Å². The van der Waals surface area contributed by atoms with Gasteiger partial charge in [0.1, 0.15) is 6.04 Å². The minimum atomic E-state index is -0.703. The number of esters is 1. The van der Waals surface area contributed by atoms with Crippen molar-refractivity contribution in [1.29, 1.82) is 0 Å². The Morgan fingerprint density at radius 2 is 2.17 bits per heavy atom. The minimum Gasteiger partial charge on any atom is -0.454 e. The van der Waals surface area contributed by atoms with Crippen molar-refractivity contribution in [3.05, 3.63) is 0 Å². The van der Waals surface area contributed by atoms with Crippen LogP contribution >= 0.6 is 11.8 Å². The molecule has 3 atom stereocenters. The second-order valence-corrected chi connectivity index (χ2v) is 7.71. The number of ether oxygens (including phenoxy) is 1. The third-order valence-corrected chi connectivity index (χ3v) is 5.81. The summed E-state index contributed by atoms with van der Waals surface area (Å²) in [5.41, 5.74) is 0. The van der Waals surface area contributed by atoms with Crippen LogP contribution in [0.4, 0.5) is 4.79 Å². The first-order valence-corrected chi connectivity index (χ1v) is 8.98. The van der Waals surface area contributed by atoms with Crippen LogP contribution in [0, 0.1) is 0 Å². The Hall–Kier alpha value is -1.77. The van der Waals surface area contributed by atoms with Gasteiger partial charge >= 0.3 is 12.0 Å². The number of urea groups is 1.